The summed E-state index contributed by atoms with van der Waals surface area (Å²) in [7, 11) is 0. The molecule has 2 heterocycles. The van der Waals surface area contributed by atoms with E-state index in [0.717, 1.165) is 25.9 Å². The van der Waals surface area contributed by atoms with Gasteiger partial charge >= 0.3 is 0 Å². The predicted octanol–water partition coefficient (Wildman–Crippen LogP) is 1.05. The summed E-state index contributed by atoms with van der Waals surface area (Å²) < 4.78 is 17.7. The molecule has 118 valence electrons. The van der Waals surface area contributed by atoms with Crippen molar-refractivity contribution in [3.05, 3.63) is 24.3 Å². The number of aromatic nitrogens is 2. The van der Waals surface area contributed by atoms with Crippen LogP contribution in [-0.2, 0) is 0 Å². The van der Waals surface area contributed by atoms with E-state index < -0.39 is 0 Å². The molecule has 6 nitrogen and oxygen atoms in total. The minimum absolute atomic E-state index is 0. The van der Waals surface area contributed by atoms with Crippen molar-refractivity contribution in [1.29, 1.82) is 0 Å². The highest BCUT2D eigenvalue weighted by molar-refractivity contribution is 5.85. The third-order valence-electron chi connectivity index (χ3n) is 3.20. The molecule has 0 atom stereocenters. The molecule has 1 aromatic rings. The van der Waals surface area contributed by atoms with Gasteiger partial charge in [-0.2, -0.15) is 0 Å². The molecule has 0 aliphatic carbocycles. The van der Waals surface area contributed by atoms with E-state index in [-0.39, 0.29) is 31.7 Å². The van der Waals surface area contributed by atoms with Gasteiger partial charge in [0.1, 0.15) is 6.61 Å². The van der Waals surface area contributed by atoms with Gasteiger partial charge in [-0.25, -0.2) is 14.4 Å². The average molecular weight is 319 g/mol. The zero-order valence-corrected chi connectivity index (χ0v) is 12.4. The standard InChI is InChI=1S/C13H19FN4O2.ClH/c14-5-10(6-15)9-20-12-7-16-13(17-8-12)18-3-1-11(19)2-4-18;/h5,7-8,11,19H,1-4,6,9,15H2;1H/b10-5-;. The number of nitrogens with two attached hydrogens (primary N) is 1. The molecule has 1 fully saturated rings. The summed E-state index contributed by atoms with van der Waals surface area (Å²) in [6.45, 7) is 1.68. The van der Waals surface area contributed by atoms with Gasteiger partial charge in [-0.1, -0.05) is 0 Å². The van der Waals surface area contributed by atoms with Crippen LogP contribution >= 0.6 is 12.4 Å². The van der Waals surface area contributed by atoms with Crippen LogP contribution in [-0.4, -0.2) is 47.4 Å². The first kappa shape index (κ1) is 17.6. The molecule has 1 aliphatic rings. The molecule has 8 heteroatoms. The maximum absolute atomic E-state index is 12.3. The molecule has 0 saturated carbocycles. The molecule has 1 aromatic heterocycles. The van der Waals surface area contributed by atoms with E-state index in [1.54, 1.807) is 12.4 Å². The van der Waals surface area contributed by atoms with Crippen LogP contribution in [0.3, 0.4) is 0 Å². The zero-order valence-electron chi connectivity index (χ0n) is 11.6. The normalized spacial score (nSPS) is 16.5. The third kappa shape index (κ3) is 5.11. The summed E-state index contributed by atoms with van der Waals surface area (Å²) in [5.74, 6) is 1.09. The lowest BCUT2D eigenvalue weighted by atomic mass is 10.1. The maximum atomic E-state index is 12.3. The fourth-order valence-corrected chi connectivity index (χ4v) is 1.92. The van der Waals surface area contributed by atoms with Gasteiger partial charge in [-0.15, -0.1) is 12.4 Å². The molecule has 2 rings (SSSR count). The minimum atomic E-state index is -0.226. The van der Waals surface area contributed by atoms with E-state index in [1.807, 2.05) is 4.90 Å². The number of halogens is 2. The Bertz CT molecular complexity index is 450. The monoisotopic (exact) mass is 318 g/mol. The Morgan fingerprint density at radius 3 is 2.57 bits per heavy atom. The molecule has 3 N–H and O–H groups in total. The molecule has 21 heavy (non-hydrogen) atoms. The van der Waals surface area contributed by atoms with Crippen LogP contribution in [0.25, 0.3) is 0 Å². The fraction of sp³-hybridized carbons (Fsp3) is 0.538. The van der Waals surface area contributed by atoms with Gasteiger partial charge in [0.2, 0.25) is 5.95 Å². The Morgan fingerprint density at radius 1 is 1.43 bits per heavy atom. The molecule has 1 aliphatic heterocycles. The molecule has 0 radical (unpaired) electrons. The Hall–Kier alpha value is -1.44. The number of hydrogen-bond acceptors (Lipinski definition) is 6. The van der Waals surface area contributed by atoms with Crippen molar-refractivity contribution in [1.82, 2.24) is 9.97 Å². The lowest BCUT2D eigenvalue weighted by molar-refractivity contribution is 0.145. The number of aliphatic hydroxyl groups excluding tert-OH is 1. The molecule has 0 amide bonds. The van der Waals surface area contributed by atoms with Gasteiger partial charge < -0.3 is 20.5 Å². The summed E-state index contributed by atoms with van der Waals surface area (Å²) in [4.78, 5) is 10.5. The van der Waals surface area contributed by atoms with Gasteiger partial charge in [0.15, 0.2) is 5.75 Å². The highest BCUT2D eigenvalue weighted by Gasteiger charge is 2.18. The van der Waals surface area contributed by atoms with Crippen LogP contribution in [0.4, 0.5) is 10.3 Å². The quantitative estimate of drug-likeness (QED) is 0.844. The summed E-state index contributed by atoms with van der Waals surface area (Å²) in [5.41, 5.74) is 5.71. The van der Waals surface area contributed by atoms with Crippen molar-refractivity contribution >= 4 is 18.4 Å². The smallest absolute Gasteiger partial charge is 0.225 e. The minimum Gasteiger partial charge on any atom is -0.486 e. The van der Waals surface area contributed by atoms with Crippen molar-refractivity contribution in [2.24, 2.45) is 5.73 Å². The summed E-state index contributed by atoms with van der Waals surface area (Å²) in [6.07, 6.45) is 4.79. The van der Waals surface area contributed by atoms with Crippen molar-refractivity contribution < 1.29 is 14.2 Å². The number of rotatable bonds is 5. The van der Waals surface area contributed by atoms with Gasteiger partial charge in [0, 0.05) is 25.2 Å². The second kappa shape index (κ2) is 8.76. The van der Waals surface area contributed by atoms with Gasteiger partial charge in [0.05, 0.1) is 24.8 Å². The van der Waals surface area contributed by atoms with Crippen molar-refractivity contribution in [2.45, 2.75) is 18.9 Å². The van der Waals surface area contributed by atoms with Crippen LogP contribution in [0, 0.1) is 0 Å². The molecule has 0 aromatic carbocycles. The summed E-state index contributed by atoms with van der Waals surface area (Å²) >= 11 is 0. The van der Waals surface area contributed by atoms with Crippen LogP contribution in [0.1, 0.15) is 12.8 Å². The number of piperidine rings is 1. The zero-order chi connectivity index (χ0) is 14.4. The van der Waals surface area contributed by atoms with E-state index in [0.29, 0.717) is 23.6 Å². The van der Waals surface area contributed by atoms with Crippen molar-refractivity contribution in [3.8, 4) is 5.75 Å². The second-order valence-corrected chi connectivity index (χ2v) is 4.70. The lowest BCUT2D eigenvalue weighted by Gasteiger charge is -2.29. The maximum Gasteiger partial charge on any atom is 0.225 e. The van der Waals surface area contributed by atoms with E-state index in [9.17, 15) is 9.50 Å². The van der Waals surface area contributed by atoms with Crippen molar-refractivity contribution in [2.75, 3.05) is 31.1 Å². The van der Waals surface area contributed by atoms with Crippen LogP contribution in [0.15, 0.2) is 24.3 Å². The van der Waals surface area contributed by atoms with Crippen molar-refractivity contribution in [3.63, 3.8) is 0 Å². The molecule has 0 unspecified atom stereocenters. The third-order valence-corrected chi connectivity index (χ3v) is 3.20. The highest BCUT2D eigenvalue weighted by Crippen LogP contribution is 2.17. The Kier molecular flexibility index (Phi) is 7.35. The predicted molar refractivity (Wildman–Crippen MR) is 80.5 cm³/mol. The van der Waals surface area contributed by atoms with E-state index in [2.05, 4.69) is 9.97 Å². The number of aliphatic hydroxyl groups is 1. The van der Waals surface area contributed by atoms with Gasteiger partial charge in [-0.05, 0) is 12.8 Å². The van der Waals surface area contributed by atoms with Crippen LogP contribution < -0.4 is 15.4 Å². The number of nitrogens with zero attached hydrogens (tertiary/aromatic N) is 3. The largest absolute Gasteiger partial charge is 0.486 e. The Morgan fingerprint density at radius 2 is 2.05 bits per heavy atom. The molecular formula is C13H20ClFN4O2. The SMILES string of the molecule is Cl.NC/C(=C/F)COc1cnc(N2CCC(O)CC2)nc1. The second-order valence-electron chi connectivity index (χ2n) is 4.70. The first-order valence-corrected chi connectivity index (χ1v) is 6.59. The van der Waals surface area contributed by atoms with E-state index >= 15 is 0 Å². The summed E-state index contributed by atoms with van der Waals surface area (Å²) in [6, 6.07) is 0. The van der Waals surface area contributed by atoms with Crippen LogP contribution in [0.5, 0.6) is 5.75 Å². The average Bonchev–Trinajstić information content (AvgIpc) is 2.50. The van der Waals surface area contributed by atoms with Gasteiger partial charge in [-0.3, -0.25) is 0 Å². The topological polar surface area (TPSA) is 84.5 Å². The molecule has 1 saturated heterocycles. The molecule has 0 spiro atoms. The number of hydrogen-bond donors (Lipinski definition) is 2. The van der Waals surface area contributed by atoms with E-state index in [4.69, 9.17) is 10.5 Å². The number of ether oxygens (including phenoxy) is 1. The fourth-order valence-electron chi connectivity index (χ4n) is 1.92. The van der Waals surface area contributed by atoms with Gasteiger partial charge in [0.25, 0.3) is 0 Å². The summed E-state index contributed by atoms with van der Waals surface area (Å²) in [5, 5.41) is 9.45. The molecule has 0 bridgehead atoms. The van der Waals surface area contributed by atoms with Crippen LogP contribution in [0.2, 0.25) is 0 Å². The Balaban J connectivity index is 0.00000220. The number of anilines is 1. The first-order valence-electron chi connectivity index (χ1n) is 6.59. The first-order chi connectivity index (χ1) is 9.72. The lowest BCUT2D eigenvalue weighted by Crippen LogP contribution is -2.36. The molecular weight excluding hydrogens is 299 g/mol. The Labute approximate surface area is 129 Å². The van der Waals surface area contributed by atoms with E-state index in [1.165, 1.54) is 0 Å². The highest BCUT2D eigenvalue weighted by atomic mass is 35.5.